The summed E-state index contributed by atoms with van der Waals surface area (Å²) < 4.78 is 7.21. The molecule has 0 radical (unpaired) electrons. The number of aryl methyl sites for hydroxylation is 1. The molecule has 0 saturated heterocycles. The zero-order valence-electron chi connectivity index (χ0n) is 9.93. The van der Waals surface area contributed by atoms with Crippen LogP contribution in [0.25, 0.3) is 10.9 Å². The van der Waals surface area contributed by atoms with Crippen LogP contribution in [-0.2, 0) is 13.0 Å². The average Bonchev–Trinajstić information content (AvgIpc) is 2.98. The summed E-state index contributed by atoms with van der Waals surface area (Å²) in [6, 6.07) is 7.88. The van der Waals surface area contributed by atoms with Crippen molar-refractivity contribution in [3.63, 3.8) is 0 Å². The normalized spacial score (nSPS) is 11.2. The molecule has 0 aliphatic heterocycles. The molecule has 2 heterocycles. The van der Waals surface area contributed by atoms with Crippen LogP contribution in [0.3, 0.4) is 0 Å². The van der Waals surface area contributed by atoms with Gasteiger partial charge in [-0.3, -0.25) is 0 Å². The van der Waals surface area contributed by atoms with E-state index in [1.54, 1.807) is 0 Å². The molecule has 0 fully saturated rings. The van der Waals surface area contributed by atoms with Crippen LogP contribution in [0, 0.1) is 0 Å². The molecule has 4 nitrogen and oxygen atoms in total. The van der Waals surface area contributed by atoms with Crippen LogP contribution >= 0.6 is 11.6 Å². The monoisotopic (exact) mass is 261 g/mol. The first-order valence-electron chi connectivity index (χ1n) is 5.82. The van der Waals surface area contributed by atoms with Gasteiger partial charge in [0.05, 0.1) is 10.5 Å². The first-order chi connectivity index (χ1) is 8.78. The Labute approximate surface area is 109 Å². The summed E-state index contributed by atoms with van der Waals surface area (Å²) >= 11 is 6.21. The van der Waals surface area contributed by atoms with Crippen molar-refractivity contribution < 1.29 is 4.52 Å². The van der Waals surface area contributed by atoms with E-state index in [-0.39, 0.29) is 0 Å². The summed E-state index contributed by atoms with van der Waals surface area (Å²) in [6.45, 7) is 2.54. The average molecular weight is 262 g/mol. The zero-order chi connectivity index (χ0) is 12.5. The Morgan fingerprint density at radius 2 is 2.22 bits per heavy atom. The summed E-state index contributed by atoms with van der Waals surface area (Å²) in [5, 5.41) is 5.72. The Morgan fingerprint density at radius 1 is 1.33 bits per heavy atom. The molecule has 1 aromatic carbocycles. The number of rotatable bonds is 3. The van der Waals surface area contributed by atoms with Crippen LogP contribution < -0.4 is 0 Å². The summed E-state index contributed by atoms with van der Waals surface area (Å²) in [4.78, 5) is 4.30. The molecule has 0 atom stereocenters. The highest BCUT2D eigenvalue weighted by Crippen LogP contribution is 2.24. The van der Waals surface area contributed by atoms with Gasteiger partial charge in [-0.2, -0.15) is 4.98 Å². The van der Waals surface area contributed by atoms with E-state index in [2.05, 4.69) is 10.1 Å². The molecule has 0 bridgehead atoms. The summed E-state index contributed by atoms with van der Waals surface area (Å²) in [7, 11) is 0. The van der Waals surface area contributed by atoms with Crippen molar-refractivity contribution in [2.75, 3.05) is 0 Å². The van der Waals surface area contributed by atoms with Crippen molar-refractivity contribution in [3.8, 4) is 0 Å². The number of fused-ring (bicyclic) bond motifs is 1. The summed E-state index contributed by atoms with van der Waals surface area (Å²) in [5.74, 6) is 1.33. The molecule has 0 saturated carbocycles. The van der Waals surface area contributed by atoms with E-state index in [1.807, 2.05) is 42.0 Å². The molecule has 0 aliphatic carbocycles. The third kappa shape index (κ3) is 1.88. The highest BCUT2D eigenvalue weighted by atomic mass is 35.5. The Bertz CT molecular complexity index is 686. The van der Waals surface area contributed by atoms with Crippen LogP contribution in [0.15, 0.2) is 35.0 Å². The van der Waals surface area contributed by atoms with Gasteiger partial charge in [-0.05, 0) is 12.1 Å². The lowest BCUT2D eigenvalue weighted by molar-refractivity contribution is 0.368. The van der Waals surface area contributed by atoms with Crippen LogP contribution in [0.4, 0.5) is 0 Å². The van der Waals surface area contributed by atoms with Crippen LogP contribution in [0.1, 0.15) is 18.6 Å². The van der Waals surface area contributed by atoms with E-state index in [9.17, 15) is 0 Å². The largest absolute Gasteiger partial charge is 0.337 e. The number of aromatic nitrogens is 3. The molecule has 0 spiro atoms. The minimum atomic E-state index is 0.542. The predicted molar refractivity (Wildman–Crippen MR) is 69.7 cm³/mol. The molecular weight excluding hydrogens is 250 g/mol. The second-order valence-electron chi connectivity index (χ2n) is 4.08. The minimum Gasteiger partial charge on any atom is -0.337 e. The summed E-state index contributed by atoms with van der Waals surface area (Å²) in [5.41, 5.74) is 0.996. The fourth-order valence-corrected chi connectivity index (χ4v) is 2.28. The first kappa shape index (κ1) is 11.3. The Kier molecular flexibility index (Phi) is 2.80. The lowest BCUT2D eigenvalue weighted by Crippen LogP contribution is -1.98. The Hall–Kier alpha value is -1.81. The number of halogens is 1. The maximum atomic E-state index is 6.21. The van der Waals surface area contributed by atoms with Crippen LogP contribution in [0.2, 0.25) is 5.02 Å². The maximum Gasteiger partial charge on any atom is 0.246 e. The molecule has 3 aromatic rings. The molecular formula is C13H12ClN3O. The molecule has 0 amide bonds. The van der Waals surface area contributed by atoms with Gasteiger partial charge in [-0.15, -0.1) is 0 Å². The van der Waals surface area contributed by atoms with Gasteiger partial charge in [0.25, 0.3) is 0 Å². The minimum absolute atomic E-state index is 0.542. The van der Waals surface area contributed by atoms with Crippen molar-refractivity contribution in [3.05, 3.63) is 47.2 Å². The van der Waals surface area contributed by atoms with E-state index in [0.717, 1.165) is 28.2 Å². The molecule has 18 heavy (non-hydrogen) atoms. The van der Waals surface area contributed by atoms with Crippen molar-refractivity contribution in [2.24, 2.45) is 0 Å². The molecule has 0 unspecified atom stereocenters. The fraction of sp³-hybridized carbons (Fsp3) is 0.231. The molecule has 2 aromatic heterocycles. The maximum absolute atomic E-state index is 6.21. The van der Waals surface area contributed by atoms with Gasteiger partial charge in [-0.25, -0.2) is 0 Å². The SMILES string of the molecule is CCc1noc(Cn2ccc3cccc(Cl)c32)n1. The lowest BCUT2D eigenvalue weighted by Gasteiger charge is -2.02. The van der Waals surface area contributed by atoms with Gasteiger partial charge in [0.1, 0.15) is 6.54 Å². The Morgan fingerprint density at radius 3 is 3.00 bits per heavy atom. The van der Waals surface area contributed by atoms with Crippen molar-refractivity contribution in [1.29, 1.82) is 0 Å². The summed E-state index contributed by atoms with van der Waals surface area (Å²) in [6.07, 6.45) is 2.75. The highest BCUT2D eigenvalue weighted by molar-refractivity contribution is 6.35. The first-order valence-corrected chi connectivity index (χ1v) is 6.20. The number of nitrogens with zero attached hydrogens (tertiary/aromatic N) is 3. The van der Waals surface area contributed by atoms with Crippen LogP contribution in [-0.4, -0.2) is 14.7 Å². The molecule has 3 rings (SSSR count). The van der Waals surface area contributed by atoms with E-state index in [1.165, 1.54) is 0 Å². The van der Waals surface area contributed by atoms with Crippen molar-refractivity contribution >= 4 is 22.5 Å². The molecule has 0 aliphatic rings. The fourth-order valence-electron chi connectivity index (χ4n) is 1.99. The highest BCUT2D eigenvalue weighted by Gasteiger charge is 2.09. The quantitative estimate of drug-likeness (QED) is 0.727. The third-order valence-electron chi connectivity index (χ3n) is 2.87. The Balaban J connectivity index is 1.99. The second-order valence-corrected chi connectivity index (χ2v) is 4.49. The van der Waals surface area contributed by atoms with E-state index < -0.39 is 0 Å². The predicted octanol–water partition coefficient (Wildman–Crippen LogP) is 3.29. The number of hydrogen-bond acceptors (Lipinski definition) is 3. The number of hydrogen-bond donors (Lipinski definition) is 0. The standard InChI is InChI=1S/C13H12ClN3O/c1-2-11-15-12(18-16-11)8-17-7-6-9-4-3-5-10(14)13(9)17/h3-7H,2,8H2,1H3. The molecule has 5 heteroatoms. The molecule has 92 valence electrons. The van der Waals surface area contributed by atoms with Gasteiger partial charge >= 0.3 is 0 Å². The lowest BCUT2D eigenvalue weighted by atomic mass is 10.2. The van der Waals surface area contributed by atoms with Crippen LogP contribution in [0.5, 0.6) is 0 Å². The molecule has 0 N–H and O–H groups in total. The number of benzene rings is 1. The topological polar surface area (TPSA) is 43.9 Å². The number of para-hydroxylation sites is 1. The van der Waals surface area contributed by atoms with Gasteiger partial charge in [0, 0.05) is 18.0 Å². The van der Waals surface area contributed by atoms with E-state index in [4.69, 9.17) is 16.1 Å². The second kappa shape index (κ2) is 4.46. The zero-order valence-corrected chi connectivity index (χ0v) is 10.7. The van der Waals surface area contributed by atoms with Crippen molar-refractivity contribution in [2.45, 2.75) is 19.9 Å². The van der Waals surface area contributed by atoms with E-state index in [0.29, 0.717) is 12.4 Å². The smallest absolute Gasteiger partial charge is 0.246 e. The van der Waals surface area contributed by atoms with Gasteiger partial charge in [0.2, 0.25) is 5.89 Å². The van der Waals surface area contributed by atoms with Crippen molar-refractivity contribution in [1.82, 2.24) is 14.7 Å². The van der Waals surface area contributed by atoms with E-state index >= 15 is 0 Å². The van der Waals surface area contributed by atoms with Gasteiger partial charge in [-0.1, -0.05) is 35.8 Å². The van der Waals surface area contributed by atoms with Gasteiger partial charge < -0.3 is 9.09 Å². The van der Waals surface area contributed by atoms with Gasteiger partial charge in [0.15, 0.2) is 5.82 Å². The third-order valence-corrected chi connectivity index (χ3v) is 3.18.